The molecule has 0 bridgehead atoms. The summed E-state index contributed by atoms with van der Waals surface area (Å²) >= 11 is 0. The Balaban J connectivity index is 2.26. The standard InChI is InChI=1S/C22H13NO6/c23-10-17(26)20-16(25)8-7-15-19(12-3-1-2-4-13(12)22(27)28)14-6-5-11(24)9-18(14)29-21(15)20/h1-9,17,25-26H,(H,27,28)/t17-/m0/s1. The Hall–Kier alpha value is -4.15. The first-order chi connectivity index (χ1) is 13.9. The maximum Gasteiger partial charge on any atom is 0.336 e. The molecule has 1 aliphatic heterocycles. The summed E-state index contributed by atoms with van der Waals surface area (Å²) in [6.45, 7) is 0. The van der Waals surface area contributed by atoms with Gasteiger partial charge >= 0.3 is 5.97 Å². The lowest BCUT2D eigenvalue weighted by Gasteiger charge is -2.18. The average Bonchev–Trinajstić information content (AvgIpc) is 2.71. The molecule has 3 N–H and O–H groups in total. The number of nitrogens with zero attached hydrogens (tertiary/aromatic N) is 1. The second-order valence-corrected chi connectivity index (χ2v) is 6.39. The van der Waals surface area contributed by atoms with Gasteiger partial charge in [0.2, 0.25) is 0 Å². The molecule has 1 atom stereocenters. The first-order valence-electron chi connectivity index (χ1n) is 8.55. The van der Waals surface area contributed by atoms with Gasteiger partial charge in [0.05, 0.1) is 17.2 Å². The second-order valence-electron chi connectivity index (χ2n) is 6.39. The van der Waals surface area contributed by atoms with E-state index in [0.717, 1.165) is 0 Å². The van der Waals surface area contributed by atoms with Crippen molar-refractivity contribution in [1.82, 2.24) is 0 Å². The van der Waals surface area contributed by atoms with E-state index in [1.807, 2.05) is 0 Å². The topological polar surface area (TPSA) is 132 Å². The number of phenols is 1. The van der Waals surface area contributed by atoms with Crippen LogP contribution in [0, 0.1) is 11.3 Å². The zero-order chi connectivity index (χ0) is 20.7. The van der Waals surface area contributed by atoms with Crippen LogP contribution in [-0.2, 0) is 0 Å². The van der Waals surface area contributed by atoms with Crippen LogP contribution in [0.4, 0.5) is 0 Å². The number of benzene rings is 3. The normalized spacial score (nSPS) is 12.0. The highest BCUT2D eigenvalue weighted by atomic mass is 16.4. The molecule has 0 aromatic heterocycles. The van der Waals surface area contributed by atoms with Crippen molar-refractivity contribution in [2.45, 2.75) is 6.10 Å². The highest BCUT2D eigenvalue weighted by Gasteiger charge is 2.25. The van der Waals surface area contributed by atoms with Crippen LogP contribution < -0.4 is 5.43 Å². The van der Waals surface area contributed by atoms with Gasteiger partial charge in [0.1, 0.15) is 17.1 Å². The molecule has 29 heavy (non-hydrogen) atoms. The van der Waals surface area contributed by atoms with Gasteiger partial charge in [-0.05, 0) is 35.9 Å². The molecule has 0 fully saturated rings. The Labute approximate surface area is 163 Å². The number of aliphatic hydroxyl groups is 1. The first kappa shape index (κ1) is 18.2. The molecule has 4 rings (SSSR count). The molecule has 1 heterocycles. The van der Waals surface area contributed by atoms with Crippen LogP contribution in [0.3, 0.4) is 0 Å². The van der Waals surface area contributed by atoms with Crippen LogP contribution >= 0.6 is 0 Å². The fourth-order valence-electron chi connectivity index (χ4n) is 3.45. The van der Waals surface area contributed by atoms with Crippen molar-refractivity contribution >= 4 is 16.9 Å². The molecule has 0 saturated heterocycles. The number of aromatic hydroxyl groups is 1. The van der Waals surface area contributed by atoms with Crippen molar-refractivity contribution in [3.05, 3.63) is 75.9 Å². The van der Waals surface area contributed by atoms with E-state index >= 15 is 0 Å². The Morgan fingerprint density at radius 1 is 1.07 bits per heavy atom. The molecule has 2 aromatic carbocycles. The first-order valence-corrected chi connectivity index (χ1v) is 8.55. The summed E-state index contributed by atoms with van der Waals surface area (Å²) in [5, 5.41) is 39.5. The number of carboxylic acid groups (broad SMARTS) is 1. The zero-order valence-electron chi connectivity index (χ0n) is 14.8. The van der Waals surface area contributed by atoms with E-state index in [9.17, 15) is 24.9 Å². The maximum absolute atomic E-state index is 11.9. The van der Waals surface area contributed by atoms with Crippen molar-refractivity contribution in [2.24, 2.45) is 0 Å². The molecular formula is C22H13NO6. The molecule has 0 amide bonds. The van der Waals surface area contributed by atoms with Gasteiger partial charge < -0.3 is 19.7 Å². The van der Waals surface area contributed by atoms with E-state index in [-0.39, 0.29) is 33.6 Å². The minimum atomic E-state index is -1.68. The van der Waals surface area contributed by atoms with E-state index < -0.39 is 12.1 Å². The van der Waals surface area contributed by atoms with E-state index in [4.69, 9.17) is 9.68 Å². The van der Waals surface area contributed by atoms with Crippen LogP contribution in [0.25, 0.3) is 33.4 Å². The van der Waals surface area contributed by atoms with E-state index in [2.05, 4.69) is 0 Å². The fraction of sp³-hybridized carbons (Fsp3) is 0.0455. The highest BCUT2D eigenvalue weighted by Crippen LogP contribution is 2.44. The maximum atomic E-state index is 11.9. The van der Waals surface area contributed by atoms with Crippen molar-refractivity contribution < 1.29 is 24.5 Å². The molecule has 7 heteroatoms. The second kappa shape index (κ2) is 6.78. The van der Waals surface area contributed by atoms with Crippen molar-refractivity contribution in [1.29, 1.82) is 5.26 Å². The summed E-state index contributed by atoms with van der Waals surface area (Å²) in [6, 6.07) is 14.9. The molecule has 2 aliphatic rings. The molecule has 0 saturated carbocycles. The summed E-state index contributed by atoms with van der Waals surface area (Å²) in [4.78, 5) is 23.7. The van der Waals surface area contributed by atoms with Gasteiger partial charge in [0, 0.05) is 22.6 Å². The number of aliphatic hydroxyl groups excluding tert-OH is 1. The molecule has 0 radical (unpaired) electrons. The lowest BCUT2D eigenvalue weighted by atomic mass is 9.89. The summed E-state index contributed by atoms with van der Waals surface area (Å²) in [6.07, 6.45) is -1.68. The Morgan fingerprint density at radius 3 is 2.55 bits per heavy atom. The lowest BCUT2D eigenvalue weighted by Crippen LogP contribution is -2.04. The van der Waals surface area contributed by atoms with Gasteiger partial charge in [0.15, 0.2) is 11.5 Å². The number of aromatic carboxylic acids is 1. The van der Waals surface area contributed by atoms with Crippen LogP contribution in [0.5, 0.6) is 5.75 Å². The third kappa shape index (κ3) is 2.88. The summed E-state index contributed by atoms with van der Waals surface area (Å²) in [7, 11) is 0. The Bertz CT molecular complexity index is 1350. The summed E-state index contributed by atoms with van der Waals surface area (Å²) in [5.74, 6) is -1.36. The third-order valence-corrected chi connectivity index (χ3v) is 4.70. The predicted octanol–water partition coefficient (Wildman–Crippen LogP) is 3.53. The van der Waals surface area contributed by atoms with Crippen LogP contribution in [0.1, 0.15) is 22.0 Å². The van der Waals surface area contributed by atoms with Gasteiger partial charge in [-0.3, -0.25) is 4.79 Å². The number of carboxylic acids is 1. The van der Waals surface area contributed by atoms with Gasteiger partial charge in [-0.15, -0.1) is 0 Å². The number of hydrogen-bond donors (Lipinski definition) is 3. The molecular weight excluding hydrogens is 374 g/mol. The van der Waals surface area contributed by atoms with Crippen molar-refractivity contribution in [2.75, 3.05) is 0 Å². The molecule has 0 unspecified atom stereocenters. The molecule has 1 aliphatic carbocycles. The monoisotopic (exact) mass is 387 g/mol. The Kier molecular flexibility index (Phi) is 4.26. The van der Waals surface area contributed by atoms with Crippen LogP contribution in [0.15, 0.2) is 63.8 Å². The fourth-order valence-corrected chi connectivity index (χ4v) is 3.45. The van der Waals surface area contributed by atoms with Gasteiger partial charge in [-0.25, -0.2) is 4.79 Å². The quantitative estimate of drug-likeness (QED) is 0.362. The minimum absolute atomic E-state index is 0.00709. The highest BCUT2D eigenvalue weighted by molar-refractivity contribution is 6.08. The molecule has 0 spiro atoms. The minimum Gasteiger partial charge on any atom is -0.507 e. The molecule has 7 nitrogen and oxygen atoms in total. The van der Waals surface area contributed by atoms with Gasteiger partial charge in [-0.1, -0.05) is 18.2 Å². The van der Waals surface area contributed by atoms with Crippen LogP contribution in [-0.4, -0.2) is 21.3 Å². The molecule has 142 valence electrons. The molecule has 2 aromatic rings. The number of rotatable bonds is 3. The average molecular weight is 387 g/mol. The largest absolute Gasteiger partial charge is 0.507 e. The van der Waals surface area contributed by atoms with E-state index in [1.54, 1.807) is 24.3 Å². The number of carbonyl (C=O) groups is 1. The number of nitriles is 1. The number of phenolic OH excluding ortho intramolecular Hbond substituents is 1. The Morgan fingerprint density at radius 2 is 1.83 bits per heavy atom. The number of hydrogen-bond acceptors (Lipinski definition) is 6. The zero-order valence-corrected chi connectivity index (χ0v) is 14.8. The SMILES string of the molecule is N#C[C@H](O)c1c(O)ccc2c(-c3ccccc3C(=O)O)c3ccc(=O)cc-3oc12. The van der Waals surface area contributed by atoms with E-state index in [0.29, 0.717) is 22.1 Å². The van der Waals surface area contributed by atoms with Crippen molar-refractivity contribution in [3.63, 3.8) is 0 Å². The smallest absolute Gasteiger partial charge is 0.336 e. The third-order valence-electron chi connectivity index (χ3n) is 4.70. The van der Waals surface area contributed by atoms with E-state index in [1.165, 1.54) is 36.4 Å². The predicted molar refractivity (Wildman–Crippen MR) is 104 cm³/mol. The van der Waals surface area contributed by atoms with Gasteiger partial charge in [-0.2, -0.15) is 5.26 Å². The van der Waals surface area contributed by atoms with Gasteiger partial charge in [0.25, 0.3) is 0 Å². The van der Waals surface area contributed by atoms with Crippen molar-refractivity contribution in [3.8, 4) is 34.3 Å². The lowest BCUT2D eigenvalue weighted by molar-refractivity contribution is 0.0697. The summed E-state index contributed by atoms with van der Waals surface area (Å²) in [5.41, 5.74) is 0.834. The number of fused-ring (bicyclic) bond motifs is 2. The summed E-state index contributed by atoms with van der Waals surface area (Å²) < 4.78 is 5.81. The van der Waals surface area contributed by atoms with Crippen LogP contribution in [0.2, 0.25) is 0 Å².